The summed E-state index contributed by atoms with van der Waals surface area (Å²) in [4.78, 5) is 14.9. The van der Waals surface area contributed by atoms with E-state index >= 15 is 0 Å². The van der Waals surface area contributed by atoms with Gasteiger partial charge in [-0.15, -0.1) is 10.2 Å². The minimum absolute atomic E-state index is 0.107. The highest BCUT2D eigenvalue weighted by Crippen LogP contribution is 2.35. The Labute approximate surface area is 177 Å². The van der Waals surface area contributed by atoms with Crippen molar-refractivity contribution < 1.29 is 9.21 Å². The Hall–Kier alpha value is -2.08. The van der Waals surface area contributed by atoms with Gasteiger partial charge < -0.3 is 9.32 Å². The van der Waals surface area contributed by atoms with Crippen molar-refractivity contribution in [1.29, 1.82) is 0 Å². The summed E-state index contributed by atoms with van der Waals surface area (Å²) in [5.74, 6) is 0.979. The first kappa shape index (κ1) is 20.2. The Kier molecular flexibility index (Phi) is 5.81. The maximum absolute atomic E-state index is 12.9. The number of carbonyl (C=O) groups is 1. The van der Waals surface area contributed by atoms with Crippen LogP contribution < -0.4 is 0 Å². The summed E-state index contributed by atoms with van der Waals surface area (Å²) in [6, 6.07) is 8.62. The van der Waals surface area contributed by atoms with Crippen LogP contribution in [0.15, 0.2) is 45.7 Å². The summed E-state index contributed by atoms with van der Waals surface area (Å²) < 4.78 is 5.80. The van der Waals surface area contributed by atoms with Gasteiger partial charge in [-0.1, -0.05) is 50.7 Å². The lowest BCUT2D eigenvalue weighted by Gasteiger charge is -2.27. The molecule has 5 nitrogen and oxygen atoms in total. The van der Waals surface area contributed by atoms with Crippen molar-refractivity contribution >= 4 is 17.7 Å². The molecule has 0 bridgehead atoms. The largest absolute Gasteiger partial charge is 0.411 e. The average Bonchev–Trinajstić information content (AvgIpc) is 3.42. The smallest absolute Gasteiger partial charge is 0.277 e. The molecule has 2 aliphatic carbocycles. The molecular formula is C23H29N3O2S. The van der Waals surface area contributed by atoms with Crippen molar-refractivity contribution in [2.45, 2.75) is 76.0 Å². The Morgan fingerprint density at radius 1 is 1.17 bits per heavy atom. The van der Waals surface area contributed by atoms with E-state index in [1.807, 2.05) is 17.0 Å². The molecule has 2 aromatic rings. The number of hydrogen-bond acceptors (Lipinski definition) is 5. The molecule has 2 aliphatic rings. The molecule has 1 amide bonds. The SMILES string of the molecule is CC(C)(C)c1ccc(-c2nnc(SCC(=O)N(C3=CCCCC3)C3CC3)o2)cc1. The number of carbonyl (C=O) groups excluding carboxylic acids is 1. The van der Waals surface area contributed by atoms with Gasteiger partial charge in [0.15, 0.2) is 0 Å². The summed E-state index contributed by atoms with van der Waals surface area (Å²) in [5.41, 5.74) is 3.49. The van der Waals surface area contributed by atoms with Crippen molar-refractivity contribution in [1.82, 2.24) is 15.1 Å². The minimum Gasteiger partial charge on any atom is -0.411 e. The molecule has 154 valence electrons. The lowest BCUT2D eigenvalue weighted by atomic mass is 9.87. The van der Waals surface area contributed by atoms with E-state index in [-0.39, 0.29) is 11.3 Å². The number of thioether (sulfide) groups is 1. The summed E-state index contributed by atoms with van der Waals surface area (Å²) >= 11 is 1.33. The Morgan fingerprint density at radius 3 is 2.55 bits per heavy atom. The zero-order valence-electron chi connectivity index (χ0n) is 17.5. The average molecular weight is 412 g/mol. The van der Waals surface area contributed by atoms with Crippen molar-refractivity contribution in [3.05, 3.63) is 41.6 Å². The highest BCUT2D eigenvalue weighted by atomic mass is 32.2. The Balaban J connectivity index is 1.39. The maximum atomic E-state index is 12.9. The summed E-state index contributed by atoms with van der Waals surface area (Å²) in [6.07, 6.45) is 8.98. The van der Waals surface area contributed by atoms with E-state index in [0.29, 0.717) is 22.9 Å². The maximum Gasteiger partial charge on any atom is 0.277 e. The predicted molar refractivity (Wildman–Crippen MR) is 116 cm³/mol. The molecule has 29 heavy (non-hydrogen) atoms. The highest BCUT2D eigenvalue weighted by Gasteiger charge is 2.35. The molecule has 0 radical (unpaired) electrons. The second-order valence-electron chi connectivity index (χ2n) is 8.93. The molecule has 1 saturated carbocycles. The van der Waals surface area contributed by atoms with E-state index in [2.05, 4.69) is 49.2 Å². The first-order chi connectivity index (χ1) is 13.9. The van der Waals surface area contributed by atoms with E-state index in [4.69, 9.17) is 4.42 Å². The van der Waals surface area contributed by atoms with E-state index < -0.39 is 0 Å². The van der Waals surface area contributed by atoms with Crippen molar-refractivity contribution in [3.63, 3.8) is 0 Å². The summed E-state index contributed by atoms with van der Waals surface area (Å²) in [5, 5.41) is 8.74. The molecule has 0 aliphatic heterocycles. The normalized spacial score (nSPS) is 17.1. The lowest BCUT2D eigenvalue weighted by Crippen LogP contribution is -2.34. The van der Waals surface area contributed by atoms with Gasteiger partial charge in [0.2, 0.25) is 11.8 Å². The zero-order chi connectivity index (χ0) is 20.4. The van der Waals surface area contributed by atoms with Crippen LogP contribution in [0.2, 0.25) is 0 Å². The zero-order valence-corrected chi connectivity index (χ0v) is 18.3. The molecule has 4 rings (SSSR count). The van der Waals surface area contributed by atoms with Gasteiger partial charge in [0.25, 0.3) is 5.22 Å². The molecular weight excluding hydrogens is 382 g/mol. The number of allylic oxidation sites excluding steroid dienone is 2. The lowest BCUT2D eigenvalue weighted by molar-refractivity contribution is -0.127. The third-order valence-corrected chi connectivity index (χ3v) is 6.28. The topological polar surface area (TPSA) is 59.2 Å². The molecule has 0 N–H and O–H groups in total. The molecule has 1 aromatic heterocycles. The first-order valence-electron chi connectivity index (χ1n) is 10.5. The molecule has 0 spiro atoms. The van der Waals surface area contributed by atoms with Crippen LogP contribution in [0.1, 0.15) is 64.9 Å². The van der Waals surface area contributed by atoms with Crippen LogP contribution in [0.3, 0.4) is 0 Å². The third-order valence-electron chi connectivity index (χ3n) is 5.48. The van der Waals surface area contributed by atoms with Gasteiger partial charge in [-0.25, -0.2) is 0 Å². The molecule has 0 unspecified atom stereocenters. The first-order valence-corrected chi connectivity index (χ1v) is 11.5. The third kappa shape index (κ3) is 4.92. The second-order valence-corrected chi connectivity index (χ2v) is 9.85. The number of hydrogen-bond donors (Lipinski definition) is 0. The van der Waals surface area contributed by atoms with Gasteiger partial charge >= 0.3 is 0 Å². The second kappa shape index (κ2) is 8.34. The predicted octanol–water partition coefficient (Wildman–Crippen LogP) is 5.58. The van der Waals surface area contributed by atoms with Gasteiger partial charge in [-0.3, -0.25) is 4.79 Å². The van der Waals surface area contributed by atoms with Crippen molar-refractivity contribution in [3.8, 4) is 11.5 Å². The van der Waals surface area contributed by atoms with E-state index in [1.165, 1.54) is 35.9 Å². The molecule has 0 atom stereocenters. The molecule has 1 heterocycles. The van der Waals surface area contributed by atoms with Crippen LogP contribution in [0, 0.1) is 0 Å². The number of amides is 1. The van der Waals surface area contributed by atoms with Crippen LogP contribution in [-0.4, -0.2) is 32.8 Å². The van der Waals surface area contributed by atoms with Gasteiger partial charge in [0.05, 0.1) is 5.75 Å². The van der Waals surface area contributed by atoms with Crippen molar-refractivity contribution in [2.75, 3.05) is 5.75 Å². The van der Waals surface area contributed by atoms with E-state index in [0.717, 1.165) is 31.2 Å². The highest BCUT2D eigenvalue weighted by molar-refractivity contribution is 7.99. The number of aromatic nitrogens is 2. The summed E-state index contributed by atoms with van der Waals surface area (Å²) in [6.45, 7) is 6.57. The Morgan fingerprint density at radius 2 is 1.93 bits per heavy atom. The van der Waals surface area contributed by atoms with Gasteiger partial charge in [0, 0.05) is 17.3 Å². The minimum atomic E-state index is 0.107. The van der Waals surface area contributed by atoms with Gasteiger partial charge in [-0.2, -0.15) is 0 Å². The van der Waals surface area contributed by atoms with Gasteiger partial charge in [0.1, 0.15) is 0 Å². The fourth-order valence-electron chi connectivity index (χ4n) is 3.66. The summed E-state index contributed by atoms with van der Waals surface area (Å²) in [7, 11) is 0. The van der Waals surface area contributed by atoms with Crippen LogP contribution in [0.25, 0.3) is 11.5 Å². The molecule has 6 heteroatoms. The van der Waals surface area contributed by atoms with Crippen LogP contribution in [-0.2, 0) is 10.2 Å². The molecule has 0 saturated heterocycles. The van der Waals surface area contributed by atoms with Gasteiger partial charge in [-0.05, 0) is 61.6 Å². The van der Waals surface area contributed by atoms with Crippen LogP contribution in [0.5, 0.6) is 0 Å². The molecule has 1 aromatic carbocycles. The quantitative estimate of drug-likeness (QED) is 0.581. The fraction of sp³-hybridized carbons (Fsp3) is 0.522. The monoisotopic (exact) mass is 411 g/mol. The standard InChI is InChI=1S/C23H29N3O2S/c1-23(2,3)17-11-9-16(10-12-17)21-24-25-22(28-21)29-15-20(27)26(19-13-14-19)18-7-5-4-6-8-18/h7,9-12,19H,4-6,8,13-15H2,1-3H3. The number of benzene rings is 1. The number of nitrogens with zero attached hydrogens (tertiary/aromatic N) is 3. The van der Waals surface area contributed by atoms with E-state index in [9.17, 15) is 4.79 Å². The number of rotatable bonds is 6. The molecule has 1 fully saturated rings. The van der Waals surface area contributed by atoms with Crippen LogP contribution >= 0.6 is 11.8 Å². The Bertz CT molecular complexity index is 892. The fourth-order valence-corrected chi connectivity index (χ4v) is 4.28. The van der Waals surface area contributed by atoms with Crippen molar-refractivity contribution in [2.24, 2.45) is 0 Å². The van der Waals surface area contributed by atoms with E-state index in [1.54, 1.807) is 0 Å². The van der Waals surface area contributed by atoms with Crippen LogP contribution in [0.4, 0.5) is 0 Å².